The standard InChI is InChI=1S/C51H31N3O2/c1-3-13-32(14-4-1)36-17-11-19-38(29-36)42-31-45-46(40-21-7-9-23-43(40)55-45)48(52-42)34-25-27-35(28-26-34)49-47-41-22-8-10-24-44(41)56-51(47)54-50(53-49)39-20-12-18-37(30-39)33-15-5-2-6-16-33/h1-31H. The third-order valence-corrected chi connectivity index (χ3v) is 10.5. The minimum Gasteiger partial charge on any atom is -0.456 e. The first-order valence-corrected chi connectivity index (χ1v) is 18.7. The Morgan fingerprint density at radius 3 is 1.46 bits per heavy atom. The molecule has 5 heteroatoms. The molecule has 0 amide bonds. The van der Waals surface area contributed by atoms with Crippen molar-refractivity contribution in [1.82, 2.24) is 15.0 Å². The van der Waals surface area contributed by atoms with Crippen LogP contribution in [-0.4, -0.2) is 15.0 Å². The lowest BCUT2D eigenvalue weighted by Gasteiger charge is -2.11. The van der Waals surface area contributed by atoms with Gasteiger partial charge < -0.3 is 8.83 Å². The predicted octanol–water partition coefficient (Wildman–Crippen LogP) is 13.7. The fourth-order valence-corrected chi connectivity index (χ4v) is 7.80. The SMILES string of the molecule is c1ccc(-c2cccc(-c3cc4oc5ccccc5c4c(-c4ccc(-c5nc(-c6cccc(-c7ccccc7)c6)nc6oc7ccccc7c56)cc4)n3)c2)cc1. The third-order valence-electron chi connectivity index (χ3n) is 10.5. The molecule has 0 N–H and O–H groups in total. The van der Waals surface area contributed by atoms with Crippen LogP contribution in [0.1, 0.15) is 0 Å². The number of hydrogen-bond acceptors (Lipinski definition) is 5. The molecule has 0 atom stereocenters. The lowest BCUT2D eigenvalue weighted by Crippen LogP contribution is -1.95. The van der Waals surface area contributed by atoms with Gasteiger partial charge in [0.1, 0.15) is 16.7 Å². The molecule has 0 spiro atoms. The van der Waals surface area contributed by atoms with E-state index < -0.39 is 0 Å². The van der Waals surface area contributed by atoms with Gasteiger partial charge in [0.15, 0.2) is 5.82 Å². The van der Waals surface area contributed by atoms with Gasteiger partial charge in [-0.15, -0.1) is 0 Å². The highest BCUT2D eigenvalue weighted by Crippen LogP contribution is 2.41. The van der Waals surface area contributed by atoms with Gasteiger partial charge in [-0.05, 0) is 46.5 Å². The number of fused-ring (bicyclic) bond motifs is 6. The summed E-state index contributed by atoms with van der Waals surface area (Å²) in [6.45, 7) is 0. The van der Waals surface area contributed by atoms with Gasteiger partial charge in [0.25, 0.3) is 0 Å². The molecular weight excluding hydrogens is 687 g/mol. The van der Waals surface area contributed by atoms with Crippen molar-refractivity contribution in [2.75, 3.05) is 0 Å². The number of pyridine rings is 1. The summed E-state index contributed by atoms with van der Waals surface area (Å²) in [5.74, 6) is 0.604. The Morgan fingerprint density at radius 2 is 0.804 bits per heavy atom. The van der Waals surface area contributed by atoms with E-state index in [1.807, 2.05) is 48.5 Å². The summed E-state index contributed by atoms with van der Waals surface area (Å²) in [7, 11) is 0. The van der Waals surface area contributed by atoms with Crippen LogP contribution in [0.5, 0.6) is 0 Å². The molecule has 5 nitrogen and oxygen atoms in total. The summed E-state index contributed by atoms with van der Waals surface area (Å²) < 4.78 is 12.9. The van der Waals surface area contributed by atoms with Crippen molar-refractivity contribution < 1.29 is 8.83 Å². The van der Waals surface area contributed by atoms with Gasteiger partial charge in [0, 0.05) is 39.1 Å². The van der Waals surface area contributed by atoms with E-state index in [2.05, 4.69) is 140 Å². The number of para-hydroxylation sites is 2. The first-order chi connectivity index (χ1) is 27.7. The number of benzene rings is 7. The molecule has 11 aromatic rings. The maximum absolute atomic E-state index is 6.49. The monoisotopic (exact) mass is 717 g/mol. The number of hydrogen-bond donors (Lipinski definition) is 0. The molecule has 0 aliphatic rings. The van der Waals surface area contributed by atoms with Crippen LogP contribution in [0.3, 0.4) is 0 Å². The quantitative estimate of drug-likeness (QED) is 0.171. The van der Waals surface area contributed by atoms with E-state index in [0.717, 1.165) is 99.9 Å². The summed E-state index contributed by atoms with van der Waals surface area (Å²) >= 11 is 0. The molecule has 11 rings (SSSR count). The molecule has 0 fully saturated rings. The largest absolute Gasteiger partial charge is 0.456 e. The van der Waals surface area contributed by atoms with E-state index in [9.17, 15) is 0 Å². The van der Waals surface area contributed by atoms with Crippen molar-refractivity contribution in [2.45, 2.75) is 0 Å². The molecule has 0 saturated carbocycles. The maximum Gasteiger partial charge on any atom is 0.231 e. The Balaban J connectivity index is 1.07. The van der Waals surface area contributed by atoms with Crippen LogP contribution in [0.2, 0.25) is 0 Å². The third kappa shape index (κ3) is 5.45. The zero-order valence-corrected chi connectivity index (χ0v) is 30.1. The topological polar surface area (TPSA) is 65.0 Å². The van der Waals surface area contributed by atoms with E-state index in [-0.39, 0.29) is 0 Å². The lowest BCUT2D eigenvalue weighted by molar-refractivity contribution is 0.653. The molecule has 4 heterocycles. The van der Waals surface area contributed by atoms with E-state index in [1.54, 1.807) is 0 Å². The number of aromatic nitrogens is 3. The molecule has 0 aliphatic heterocycles. The molecule has 4 aromatic heterocycles. The van der Waals surface area contributed by atoms with Gasteiger partial charge >= 0.3 is 0 Å². The fraction of sp³-hybridized carbons (Fsp3) is 0. The van der Waals surface area contributed by atoms with Crippen molar-refractivity contribution in [3.05, 3.63) is 188 Å². The van der Waals surface area contributed by atoms with E-state index in [1.165, 1.54) is 0 Å². The Labute approximate surface area is 322 Å². The Morgan fingerprint density at radius 1 is 0.304 bits per heavy atom. The van der Waals surface area contributed by atoms with Gasteiger partial charge in [0.05, 0.1) is 27.9 Å². The second-order valence-corrected chi connectivity index (χ2v) is 14.0. The highest BCUT2D eigenvalue weighted by Gasteiger charge is 2.20. The Hall–Kier alpha value is -7.63. The zero-order valence-electron chi connectivity index (χ0n) is 30.1. The second-order valence-electron chi connectivity index (χ2n) is 14.0. The van der Waals surface area contributed by atoms with Crippen molar-refractivity contribution in [3.8, 4) is 67.4 Å². The van der Waals surface area contributed by atoms with Crippen LogP contribution in [0, 0.1) is 0 Å². The van der Waals surface area contributed by atoms with Gasteiger partial charge in [-0.2, -0.15) is 4.98 Å². The highest BCUT2D eigenvalue weighted by molar-refractivity contribution is 6.13. The van der Waals surface area contributed by atoms with Crippen molar-refractivity contribution >= 4 is 44.0 Å². The molecule has 0 radical (unpaired) electrons. The summed E-state index contributed by atoms with van der Waals surface area (Å²) in [5, 5.41) is 3.88. The van der Waals surface area contributed by atoms with Crippen LogP contribution < -0.4 is 0 Å². The van der Waals surface area contributed by atoms with Crippen molar-refractivity contribution in [3.63, 3.8) is 0 Å². The van der Waals surface area contributed by atoms with E-state index >= 15 is 0 Å². The number of rotatable bonds is 6. The predicted molar refractivity (Wildman–Crippen MR) is 227 cm³/mol. The molecule has 0 unspecified atom stereocenters. The molecule has 0 bridgehead atoms. The summed E-state index contributed by atoms with van der Waals surface area (Å²) in [5.41, 5.74) is 13.9. The van der Waals surface area contributed by atoms with Crippen LogP contribution in [0.15, 0.2) is 197 Å². The summed E-state index contributed by atoms with van der Waals surface area (Å²) in [4.78, 5) is 15.6. The van der Waals surface area contributed by atoms with Crippen molar-refractivity contribution in [2.24, 2.45) is 0 Å². The minimum atomic E-state index is 0.555. The lowest BCUT2D eigenvalue weighted by atomic mass is 9.98. The van der Waals surface area contributed by atoms with Gasteiger partial charge in [-0.25, -0.2) is 9.97 Å². The molecule has 0 aliphatic carbocycles. The summed E-state index contributed by atoms with van der Waals surface area (Å²) in [6.07, 6.45) is 0. The molecule has 262 valence electrons. The van der Waals surface area contributed by atoms with Crippen molar-refractivity contribution in [1.29, 1.82) is 0 Å². The average molecular weight is 718 g/mol. The molecule has 0 saturated heterocycles. The number of furan rings is 2. The van der Waals surface area contributed by atoms with Gasteiger partial charge in [-0.3, -0.25) is 0 Å². The Kier molecular flexibility index (Phi) is 7.42. The smallest absolute Gasteiger partial charge is 0.231 e. The minimum absolute atomic E-state index is 0.555. The fourth-order valence-electron chi connectivity index (χ4n) is 7.80. The van der Waals surface area contributed by atoms with Gasteiger partial charge in [0.2, 0.25) is 5.71 Å². The van der Waals surface area contributed by atoms with Gasteiger partial charge in [-0.1, -0.05) is 158 Å². The Bertz CT molecular complexity index is 3020. The first-order valence-electron chi connectivity index (χ1n) is 18.7. The van der Waals surface area contributed by atoms with E-state index in [0.29, 0.717) is 11.5 Å². The van der Waals surface area contributed by atoms with Crippen LogP contribution >= 0.6 is 0 Å². The van der Waals surface area contributed by atoms with Crippen LogP contribution in [0.25, 0.3) is 111 Å². The summed E-state index contributed by atoms with van der Waals surface area (Å²) in [6, 6.07) is 64.5. The molecular formula is C51H31N3O2. The molecule has 56 heavy (non-hydrogen) atoms. The normalized spacial score (nSPS) is 11.6. The average Bonchev–Trinajstić information content (AvgIpc) is 3.85. The van der Waals surface area contributed by atoms with E-state index in [4.69, 9.17) is 23.8 Å². The zero-order chi connectivity index (χ0) is 37.0. The second kappa shape index (κ2) is 13.0. The highest BCUT2D eigenvalue weighted by atomic mass is 16.3. The van der Waals surface area contributed by atoms with Crippen LogP contribution in [0.4, 0.5) is 0 Å². The first kappa shape index (κ1) is 31.9. The van der Waals surface area contributed by atoms with Crippen LogP contribution in [-0.2, 0) is 0 Å². The molecule has 7 aromatic carbocycles. The number of nitrogens with zero attached hydrogens (tertiary/aromatic N) is 3. The maximum atomic E-state index is 6.49.